The van der Waals surface area contributed by atoms with Crippen molar-refractivity contribution >= 4 is 22.9 Å². The summed E-state index contributed by atoms with van der Waals surface area (Å²) in [4.78, 5) is 3.91. The summed E-state index contributed by atoms with van der Waals surface area (Å²) in [5.74, 6) is 1.69. The molecule has 7 heteroatoms. The molecule has 2 spiro atoms. The fraction of sp³-hybridized carbons (Fsp3) is 0.667. The SMILES string of the molecule is COC12CCC3(C[C@@H]1[C@@](C)(O)Cc1ccc(Cl)s1)C1Cc4ccc(O)c5c4[C@@]3(CCN1CC1CC1)[C@@H]2O5. The number of hydrogen-bond donors (Lipinski definition) is 2. The lowest BCUT2D eigenvalue weighted by Gasteiger charge is -2.75. The number of hydrogen-bond acceptors (Lipinski definition) is 6. The molecule has 1 aromatic heterocycles. The number of halogens is 1. The van der Waals surface area contributed by atoms with Gasteiger partial charge in [-0.1, -0.05) is 17.7 Å². The topological polar surface area (TPSA) is 62.2 Å². The minimum absolute atomic E-state index is 0.00111. The lowest BCUT2D eigenvalue weighted by molar-refractivity contribution is -0.302. The van der Waals surface area contributed by atoms with Crippen LogP contribution in [0.25, 0.3) is 0 Å². The lowest BCUT2D eigenvalue weighted by atomic mass is 9.33. The van der Waals surface area contributed by atoms with Crippen molar-refractivity contribution < 1.29 is 19.7 Å². The second kappa shape index (κ2) is 7.45. The number of aromatic hydroxyl groups is 1. The Hall–Kier alpha value is -1.31. The highest BCUT2D eigenvalue weighted by Gasteiger charge is 2.81. The number of ether oxygens (including phenoxy) is 2. The fourth-order valence-electron chi connectivity index (χ4n) is 10.1. The summed E-state index contributed by atoms with van der Waals surface area (Å²) in [6.45, 7) is 4.27. The molecule has 0 amide bonds. The molecular weight excluding hydrogens is 506 g/mol. The maximum atomic E-state index is 12.3. The fourth-order valence-corrected chi connectivity index (χ4v) is 11.3. The van der Waals surface area contributed by atoms with Crippen LogP contribution in [0.1, 0.15) is 61.5 Å². The second-order valence-electron chi connectivity index (χ2n) is 13.1. The standard InChI is InChI=1S/C30H36ClNO4S/c1-27(34,14-19-6-8-23(31)37-19)21-15-28-9-10-30(21,35-2)26-29(28)11-12-32(16-17-3-4-17)22(28)13-18-5-7-20(33)25(36-26)24(18)29/h5-8,17,21-22,26,33-34H,3-4,9-16H2,1-2H3/t21-,22?,26+,27+,28?,29+,30?/m1/s1. The van der Waals surface area contributed by atoms with Crippen LogP contribution in [0.3, 0.4) is 0 Å². The molecule has 1 saturated heterocycles. The van der Waals surface area contributed by atoms with Crippen molar-refractivity contribution in [1.82, 2.24) is 4.90 Å². The van der Waals surface area contributed by atoms with Crippen LogP contribution >= 0.6 is 22.9 Å². The van der Waals surface area contributed by atoms with E-state index in [-0.39, 0.29) is 28.6 Å². The van der Waals surface area contributed by atoms with Gasteiger partial charge >= 0.3 is 0 Å². The van der Waals surface area contributed by atoms with E-state index in [0.717, 1.165) is 53.8 Å². The minimum atomic E-state index is -0.977. The van der Waals surface area contributed by atoms with Gasteiger partial charge in [0.05, 0.1) is 9.94 Å². The first-order valence-corrected chi connectivity index (χ1v) is 15.2. The highest BCUT2D eigenvalue weighted by atomic mass is 35.5. The predicted octanol–water partition coefficient (Wildman–Crippen LogP) is 5.33. The summed E-state index contributed by atoms with van der Waals surface area (Å²) in [7, 11) is 1.82. The van der Waals surface area contributed by atoms with Gasteiger partial charge in [-0.05, 0) is 88.1 Å². The first-order valence-electron chi connectivity index (χ1n) is 14.0. The molecular formula is C30H36ClNO4S. The number of aliphatic hydroxyl groups is 1. The molecule has 5 fully saturated rings. The third kappa shape index (κ3) is 2.82. The summed E-state index contributed by atoms with van der Waals surface area (Å²) in [6.07, 6.45) is 7.97. The molecule has 7 atom stereocenters. The van der Waals surface area contributed by atoms with E-state index in [9.17, 15) is 10.2 Å². The Bertz CT molecular complexity index is 1290. The number of likely N-dealkylation sites (tertiary alicyclic amines) is 1. The zero-order chi connectivity index (χ0) is 25.4. The molecule has 0 radical (unpaired) electrons. The molecule has 198 valence electrons. The van der Waals surface area contributed by atoms with Crippen molar-refractivity contribution in [3.8, 4) is 11.5 Å². The number of nitrogens with zero attached hydrogens (tertiary/aromatic N) is 1. The summed E-state index contributed by atoms with van der Waals surface area (Å²) >= 11 is 7.82. The minimum Gasteiger partial charge on any atom is -0.504 e. The van der Waals surface area contributed by atoms with Crippen LogP contribution in [0.15, 0.2) is 24.3 Å². The molecule has 4 bridgehead atoms. The number of methoxy groups -OCH3 is 1. The normalized spacial score (nSPS) is 40.8. The van der Waals surface area contributed by atoms with Crippen LogP contribution in [0, 0.1) is 17.3 Å². The molecule has 5 nitrogen and oxygen atoms in total. The zero-order valence-corrected chi connectivity index (χ0v) is 23.2. The van der Waals surface area contributed by atoms with E-state index in [1.165, 1.54) is 30.5 Å². The van der Waals surface area contributed by atoms with E-state index in [1.807, 2.05) is 32.2 Å². The molecule has 2 N–H and O–H groups in total. The Morgan fingerprint density at radius 1 is 1.22 bits per heavy atom. The number of piperidine rings is 1. The van der Waals surface area contributed by atoms with Crippen molar-refractivity contribution in [1.29, 1.82) is 0 Å². The van der Waals surface area contributed by atoms with Gasteiger partial charge in [-0.15, -0.1) is 11.3 Å². The zero-order valence-electron chi connectivity index (χ0n) is 21.6. The Morgan fingerprint density at radius 3 is 2.78 bits per heavy atom. The van der Waals surface area contributed by atoms with Crippen LogP contribution in [0.4, 0.5) is 0 Å². The van der Waals surface area contributed by atoms with E-state index >= 15 is 0 Å². The maximum absolute atomic E-state index is 12.3. The molecule has 4 saturated carbocycles. The van der Waals surface area contributed by atoms with Crippen molar-refractivity contribution in [2.24, 2.45) is 17.3 Å². The Labute approximate surface area is 227 Å². The van der Waals surface area contributed by atoms with Gasteiger partial charge in [-0.3, -0.25) is 4.90 Å². The number of rotatable bonds is 6. The first kappa shape index (κ1) is 23.6. The van der Waals surface area contributed by atoms with Crippen molar-refractivity contribution in [2.75, 3.05) is 20.2 Å². The maximum Gasteiger partial charge on any atom is 0.165 e. The molecule has 7 aliphatic rings. The monoisotopic (exact) mass is 541 g/mol. The van der Waals surface area contributed by atoms with E-state index in [1.54, 1.807) is 11.3 Å². The van der Waals surface area contributed by atoms with E-state index < -0.39 is 11.2 Å². The predicted molar refractivity (Wildman–Crippen MR) is 144 cm³/mol. The number of fused-ring (bicyclic) bond motifs is 2. The summed E-state index contributed by atoms with van der Waals surface area (Å²) in [5, 5.41) is 23.3. The van der Waals surface area contributed by atoms with Gasteiger partial charge < -0.3 is 19.7 Å². The van der Waals surface area contributed by atoms with Gasteiger partial charge in [-0.2, -0.15) is 0 Å². The Kier molecular flexibility index (Phi) is 4.75. The molecule has 2 aromatic rings. The highest BCUT2D eigenvalue weighted by Crippen LogP contribution is 2.77. The van der Waals surface area contributed by atoms with Crippen LogP contribution < -0.4 is 4.74 Å². The average molecular weight is 542 g/mol. The van der Waals surface area contributed by atoms with E-state index in [2.05, 4.69) is 11.0 Å². The Morgan fingerprint density at radius 2 is 2.05 bits per heavy atom. The largest absolute Gasteiger partial charge is 0.504 e. The van der Waals surface area contributed by atoms with Crippen molar-refractivity contribution in [3.05, 3.63) is 44.6 Å². The lowest BCUT2D eigenvalue weighted by Crippen LogP contribution is -2.82. The molecule has 3 heterocycles. The van der Waals surface area contributed by atoms with E-state index in [4.69, 9.17) is 21.1 Å². The van der Waals surface area contributed by atoms with Gasteiger partial charge in [0.2, 0.25) is 0 Å². The molecule has 1 aromatic carbocycles. The van der Waals surface area contributed by atoms with Crippen LogP contribution in [-0.2, 0) is 23.0 Å². The van der Waals surface area contributed by atoms with Crippen LogP contribution in [0.5, 0.6) is 11.5 Å². The highest BCUT2D eigenvalue weighted by molar-refractivity contribution is 7.16. The number of phenolic OH excluding ortho intramolecular Hbond substituents is 1. The van der Waals surface area contributed by atoms with Gasteiger partial charge in [-0.25, -0.2) is 0 Å². The van der Waals surface area contributed by atoms with Gasteiger partial charge in [0.15, 0.2) is 11.5 Å². The van der Waals surface area contributed by atoms with Crippen molar-refractivity contribution in [2.45, 2.75) is 87.1 Å². The van der Waals surface area contributed by atoms with Gasteiger partial charge in [0.25, 0.3) is 0 Å². The second-order valence-corrected chi connectivity index (χ2v) is 14.9. The van der Waals surface area contributed by atoms with E-state index in [0.29, 0.717) is 18.2 Å². The number of benzene rings is 1. The summed E-state index contributed by atoms with van der Waals surface area (Å²) in [6, 6.07) is 8.38. The first-order chi connectivity index (χ1) is 17.7. The quantitative estimate of drug-likeness (QED) is 0.518. The molecule has 37 heavy (non-hydrogen) atoms. The third-order valence-electron chi connectivity index (χ3n) is 11.6. The molecule has 3 unspecified atom stereocenters. The average Bonchev–Trinajstić information content (AvgIpc) is 3.48. The third-order valence-corrected chi connectivity index (χ3v) is 12.8. The summed E-state index contributed by atoms with van der Waals surface area (Å²) < 4.78 is 14.3. The smallest absolute Gasteiger partial charge is 0.165 e. The van der Waals surface area contributed by atoms with Crippen molar-refractivity contribution in [3.63, 3.8) is 0 Å². The van der Waals surface area contributed by atoms with Crippen LogP contribution in [0.2, 0.25) is 4.34 Å². The van der Waals surface area contributed by atoms with Crippen LogP contribution in [-0.4, -0.2) is 58.7 Å². The number of thiophene rings is 1. The molecule has 5 aliphatic carbocycles. The van der Waals surface area contributed by atoms with Gasteiger partial charge in [0.1, 0.15) is 11.7 Å². The number of phenols is 1. The molecule has 2 aliphatic heterocycles. The summed E-state index contributed by atoms with van der Waals surface area (Å²) in [5.41, 5.74) is 0.849. The molecule has 9 rings (SSSR count). The van der Waals surface area contributed by atoms with Gasteiger partial charge in [0, 0.05) is 53.3 Å². The Balaban J connectivity index is 1.31.